The highest BCUT2D eigenvalue weighted by Crippen LogP contribution is 2.15. The van der Waals surface area contributed by atoms with E-state index in [-0.39, 0.29) is 0 Å². The monoisotopic (exact) mass is 163 g/mol. The molecule has 0 radical (unpaired) electrons. The molecule has 0 aromatic carbocycles. The van der Waals surface area contributed by atoms with Gasteiger partial charge in [-0.15, -0.1) is 0 Å². The zero-order valence-corrected chi connectivity index (χ0v) is 7.25. The number of fused-ring (bicyclic) bond motifs is 1. The van der Waals surface area contributed by atoms with E-state index in [1.165, 1.54) is 0 Å². The smallest absolute Gasteiger partial charge is 0.202 e. The summed E-state index contributed by atoms with van der Waals surface area (Å²) in [5.41, 5.74) is 2.19. The summed E-state index contributed by atoms with van der Waals surface area (Å²) in [5, 5.41) is 0. The number of aryl methyl sites for hydroxylation is 3. The number of oxazole rings is 1. The van der Waals surface area contributed by atoms with Gasteiger partial charge in [0.1, 0.15) is 5.82 Å². The zero-order chi connectivity index (χ0) is 8.72. The van der Waals surface area contributed by atoms with Crippen molar-refractivity contribution in [1.82, 2.24) is 15.0 Å². The number of hydrogen-bond acceptors (Lipinski definition) is 4. The van der Waals surface area contributed by atoms with Crippen LogP contribution in [0.15, 0.2) is 4.42 Å². The van der Waals surface area contributed by atoms with Crippen LogP contribution in [0.2, 0.25) is 0 Å². The van der Waals surface area contributed by atoms with Crippen molar-refractivity contribution >= 4 is 11.2 Å². The molecule has 0 N–H and O–H groups in total. The Hall–Kier alpha value is -1.45. The summed E-state index contributed by atoms with van der Waals surface area (Å²) in [5.74, 6) is 1.36. The third-order valence-corrected chi connectivity index (χ3v) is 1.64. The lowest BCUT2D eigenvalue weighted by molar-refractivity contribution is 0.557. The highest BCUT2D eigenvalue weighted by molar-refractivity contribution is 5.69. The molecule has 12 heavy (non-hydrogen) atoms. The van der Waals surface area contributed by atoms with Gasteiger partial charge in [0.15, 0.2) is 11.5 Å². The first-order valence-electron chi connectivity index (χ1n) is 3.75. The molecular formula is C8H9N3O. The van der Waals surface area contributed by atoms with Gasteiger partial charge in [0.05, 0.1) is 5.69 Å². The largest absolute Gasteiger partial charge is 0.437 e. The molecule has 0 fully saturated rings. The van der Waals surface area contributed by atoms with E-state index in [4.69, 9.17) is 4.42 Å². The van der Waals surface area contributed by atoms with Crippen molar-refractivity contribution in [2.75, 3.05) is 0 Å². The molecule has 0 aliphatic rings. The lowest BCUT2D eigenvalue weighted by atomic mass is 10.4. The van der Waals surface area contributed by atoms with Crippen LogP contribution < -0.4 is 0 Å². The van der Waals surface area contributed by atoms with Crippen LogP contribution in [0.1, 0.15) is 17.4 Å². The maximum Gasteiger partial charge on any atom is 0.202 e. The standard InChI is InChI=1S/C8H9N3O/c1-4-7-8(10-5(2)9-4)11-6(3)12-7/h1-3H3. The number of aromatic nitrogens is 3. The van der Waals surface area contributed by atoms with Crippen LogP contribution in [-0.2, 0) is 0 Å². The summed E-state index contributed by atoms with van der Waals surface area (Å²) in [6, 6.07) is 0. The first kappa shape index (κ1) is 7.21. The van der Waals surface area contributed by atoms with Crippen LogP contribution in [0.4, 0.5) is 0 Å². The first-order valence-corrected chi connectivity index (χ1v) is 3.75. The topological polar surface area (TPSA) is 51.8 Å². The minimum Gasteiger partial charge on any atom is -0.437 e. The van der Waals surface area contributed by atoms with E-state index >= 15 is 0 Å². The minimum absolute atomic E-state index is 0.632. The van der Waals surface area contributed by atoms with Gasteiger partial charge >= 0.3 is 0 Å². The molecule has 0 aliphatic carbocycles. The molecule has 0 unspecified atom stereocenters. The molecule has 4 nitrogen and oxygen atoms in total. The van der Waals surface area contributed by atoms with E-state index in [2.05, 4.69) is 15.0 Å². The fourth-order valence-electron chi connectivity index (χ4n) is 1.20. The van der Waals surface area contributed by atoms with E-state index in [1.807, 2.05) is 13.8 Å². The van der Waals surface area contributed by atoms with Crippen LogP contribution in [0, 0.1) is 20.8 Å². The average molecular weight is 163 g/mol. The molecular weight excluding hydrogens is 154 g/mol. The normalized spacial score (nSPS) is 10.9. The van der Waals surface area contributed by atoms with E-state index in [0.29, 0.717) is 17.1 Å². The molecule has 2 aromatic heterocycles. The molecule has 2 heterocycles. The van der Waals surface area contributed by atoms with E-state index in [0.717, 1.165) is 11.5 Å². The molecule has 0 saturated carbocycles. The summed E-state index contributed by atoms with van der Waals surface area (Å²) in [4.78, 5) is 12.4. The van der Waals surface area contributed by atoms with Crippen LogP contribution in [0.3, 0.4) is 0 Å². The Morgan fingerprint density at radius 2 is 1.75 bits per heavy atom. The third kappa shape index (κ3) is 0.958. The van der Waals surface area contributed by atoms with Gasteiger partial charge in [0.25, 0.3) is 0 Å². The van der Waals surface area contributed by atoms with Crippen molar-refractivity contribution in [3.05, 3.63) is 17.4 Å². The lowest BCUT2D eigenvalue weighted by Crippen LogP contribution is -1.90. The molecule has 0 amide bonds. The highest BCUT2D eigenvalue weighted by Gasteiger charge is 2.07. The zero-order valence-electron chi connectivity index (χ0n) is 7.25. The number of nitrogens with zero attached hydrogens (tertiary/aromatic N) is 3. The van der Waals surface area contributed by atoms with Crippen molar-refractivity contribution in [3.8, 4) is 0 Å². The summed E-state index contributed by atoms with van der Waals surface area (Å²) in [7, 11) is 0. The molecule has 0 bridgehead atoms. The molecule has 2 rings (SSSR count). The molecule has 4 heteroatoms. The lowest BCUT2D eigenvalue weighted by Gasteiger charge is -1.93. The summed E-state index contributed by atoms with van der Waals surface area (Å²) in [6.45, 7) is 5.54. The summed E-state index contributed by atoms with van der Waals surface area (Å²) in [6.07, 6.45) is 0. The van der Waals surface area contributed by atoms with Gasteiger partial charge in [-0.2, -0.15) is 4.98 Å². The van der Waals surface area contributed by atoms with Crippen LogP contribution in [0.5, 0.6) is 0 Å². The maximum absolute atomic E-state index is 5.32. The molecule has 0 atom stereocenters. The van der Waals surface area contributed by atoms with Crippen molar-refractivity contribution in [1.29, 1.82) is 0 Å². The second-order valence-corrected chi connectivity index (χ2v) is 2.74. The van der Waals surface area contributed by atoms with Crippen LogP contribution in [0.25, 0.3) is 11.2 Å². The van der Waals surface area contributed by atoms with Gasteiger partial charge in [-0.3, -0.25) is 0 Å². The SMILES string of the molecule is Cc1nc(C)c2oc(C)nc2n1. The van der Waals surface area contributed by atoms with Gasteiger partial charge in [0.2, 0.25) is 5.65 Å². The maximum atomic E-state index is 5.32. The summed E-state index contributed by atoms with van der Waals surface area (Å²) >= 11 is 0. The molecule has 0 saturated heterocycles. The number of rotatable bonds is 0. The fraction of sp³-hybridized carbons (Fsp3) is 0.375. The van der Waals surface area contributed by atoms with Crippen LogP contribution >= 0.6 is 0 Å². The molecule has 2 aromatic rings. The second kappa shape index (κ2) is 2.27. The summed E-state index contributed by atoms with van der Waals surface area (Å²) < 4.78 is 5.32. The van der Waals surface area contributed by atoms with Crippen LogP contribution in [-0.4, -0.2) is 15.0 Å². The Morgan fingerprint density at radius 3 is 2.50 bits per heavy atom. The Bertz CT molecular complexity index is 433. The molecule has 0 aliphatic heterocycles. The van der Waals surface area contributed by atoms with Crippen molar-refractivity contribution in [2.45, 2.75) is 20.8 Å². The van der Waals surface area contributed by atoms with Gasteiger partial charge in [-0.25, -0.2) is 9.97 Å². The predicted molar refractivity (Wildman–Crippen MR) is 43.8 cm³/mol. The Kier molecular flexibility index (Phi) is 1.36. The highest BCUT2D eigenvalue weighted by atomic mass is 16.3. The van der Waals surface area contributed by atoms with Gasteiger partial charge in [-0.1, -0.05) is 0 Å². The van der Waals surface area contributed by atoms with E-state index < -0.39 is 0 Å². The first-order chi connectivity index (χ1) is 5.66. The van der Waals surface area contributed by atoms with E-state index in [1.54, 1.807) is 6.92 Å². The quantitative estimate of drug-likeness (QED) is 0.591. The fourth-order valence-corrected chi connectivity index (χ4v) is 1.20. The Balaban J connectivity index is 2.88. The molecule has 62 valence electrons. The Labute approximate surface area is 69.7 Å². The average Bonchev–Trinajstić information content (AvgIpc) is 2.29. The van der Waals surface area contributed by atoms with Gasteiger partial charge in [-0.05, 0) is 13.8 Å². The van der Waals surface area contributed by atoms with Crippen molar-refractivity contribution < 1.29 is 4.42 Å². The van der Waals surface area contributed by atoms with Gasteiger partial charge in [0, 0.05) is 6.92 Å². The van der Waals surface area contributed by atoms with E-state index in [9.17, 15) is 0 Å². The Morgan fingerprint density at radius 1 is 1.00 bits per heavy atom. The minimum atomic E-state index is 0.632. The molecule has 0 spiro atoms. The second-order valence-electron chi connectivity index (χ2n) is 2.74. The number of hydrogen-bond donors (Lipinski definition) is 0. The predicted octanol–water partition coefficient (Wildman–Crippen LogP) is 1.54. The third-order valence-electron chi connectivity index (χ3n) is 1.64. The van der Waals surface area contributed by atoms with Crippen molar-refractivity contribution in [2.24, 2.45) is 0 Å². The van der Waals surface area contributed by atoms with Crippen molar-refractivity contribution in [3.63, 3.8) is 0 Å². The van der Waals surface area contributed by atoms with Gasteiger partial charge < -0.3 is 4.42 Å².